The summed E-state index contributed by atoms with van der Waals surface area (Å²) in [5.74, 6) is -1.20. The molecule has 0 aromatic carbocycles. The molecule has 0 amide bonds. The quantitative estimate of drug-likeness (QED) is 0.222. The van der Waals surface area contributed by atoms with E-state index in [4.69, 9.17) is 0 Å². The van der Waals surface area contributed by atoms with E-state index in [9.17, 15) is 17.8 Å². The van der Waals surface area contributed by atoms with Gasteiger partial charge in [0.1, 0.15) is 6.61 Å². The average Bonchev–Trinajstić information content (AvgIpc) is 2.02. The Morgan fingerprint density at radius 3 is 2.47 bits per heavy atom. The summed E-state index contributed by atoms with van der Waals surface area (Å²) in [6.45, 7) is 1.55. The van der Waals surface area contributed by atoms with Crippen LogP contribution in [0.1, 0.15) is 19.8 Å². The molecule has 0 spiro atoms. The van der Waals surface area contributed by atoms with Crippen LogP contribution in [0.5, 0.6) is 0 Å². The van der Waals surface area contributed by atoms with Crippen LogP contribution in [0, 0.1) is 0 Å². The fourth-order valence-electron chi connectivity index (χ4n) is 0.663. The number of allylic oxidation sites excluding steroid dienone is 1. The van der Waals surface area contributed by atoms with Gasteiger partial charge in [-0.1, -0.05) is 19.1 Å². The van der Waals surface area contributed by atoms with Crippen molar-refractivity contribution in [3.63, 3.8) is 0 Å². The van der Waals surface area contributed by atoms with Crippen molar-refractivity contribution < 1.29 is 52.1 Å². The van der Waals surface area contributed by atoms with Crippen LogP contribution in [0.3, 0.4) is 0 Å². The Morgan fingerprint density at radius 2 is 2.00 bits per heavy atom. The fourth-order valence-corrected chi connectivity index (χ4v) is 0.950. The second-order valence-corrected chi connectivity index (χ2v) is 4.09. The summed E-state index contributed by atoms with van der Waals surface area (Å²) in [5, 5.41) is 0. The zero-order valence-corrected chi connectivity index (χ0v) is 11.7. The first-order chi connectivity index (χ1) is 6.45. The summed E-state index contributed by atoms with van der Waals surface area (Å²) in [6, 6.07) is 0. The Morgan fingerprint density at radius 1 is 1.40 bits per heavy atom. The Balaban J connectivity index is 0. The van der Waals surface area contributed by atoms with Gasteiger partial charge in [-0.25, -0.2) is 8.42 Å². The van der Waals surface area contributed by atoms with Gasteiger partial charge in [0.05, 0.1) is 22.3 Å². The molecule has 0 radical (unpaired) electrons. The van der Waals surface area contributed by atoms with E-state index in [0.29, 0.717) is 0 Å². The molecule has 5 nitrogen and oxygen atoms in total. The van der Waals surface area contributed by atoms with Crippen LogP contribution in [0.25, 0.3) is 0 Å². The maximum atomic E-state index is 10.8. The van der Waals surface area contributed by atoms with Gasteiger partial charge in [-0.3, -0.25) is 4.79 Å². The van der Waals surface area contributed by atoms with Gasteiger partial charge >= 0.3 is 35.5 Å². The number of hydrogen-bond donors (Lipinski definition) is 0. The van der Waals surface area contributed by atoms with E-state index in [1.54, 1.807) is 12.2 Å². The van der Waals surface area contributed by atoms with Crippen LogP contribution >= 0.6 is 0 Å². The van der Waals surface area contributed by atoms with Crippen LogP contribution < -0.4 is 29.6 Å². The molecular weight excluding hydrogens is 231 g/mol. The van der Waals surface area contributed by atoms with Crippen molar-refractivity contribution in [3.8, 4) is 0 Å². The molecule has 0 aliphatic heterocycles. The first-order valence-corrected chi connectivity index (χ1v) is 5.77. The minimum absolute atomic E-state index is 0. The van der Waals surface area contributed by atoms with E-state index < -0.39 is 21.8 Å². The summed E-state index contributed by atoms with van der Waals surface area (Å²) in [5.41, 5.74) is 0. The molecule has 0 aliphatic rings. The fraction of sp³-hybridized carbons (Fsp3) is 0.625. The molecule has 0 saturated heterocycles. The molecule has 7 heteroatoms. The number of rotatable bonds is 6. The third-order valence-corrected chi connectivity index (χ3v) is 1.95. The van der Waals surface area contributed by atoms with E-state index in [2.05, 4.69) is 4.74 Å². The van der Waals surface area contributed by atoms with Gasteiger partial charge in [0.25, 0.3) is 0 Å². The van der Waals surface area contributed by atoms with Crippen molar-refractivity contribution in [1.29, 1.82) is 0 Å². The molecule has 15 heavy (non-hydrogen) atoms. The summed E-state index contributed by atoms with van der Waals surface area (Å²) >= 11 is 0. The Labute approximate surface area is 112 Å². The molecule has 0 bridgehead atoms. The SMILES string of the molecule is CC/C=C\CC(=O)OCCS(=O)(=O)[O-].[Na+]. The number of hydrogen-bond acceptors (Lipinski definition) is 5. The number of esters is 1. The smallest absolute Gasteiger partial charge is 0.748 e. The van der Waals surface area contributed by atoms with E-state index in [0.717, 1.165) is 6.42 Å². The van der Waals surface area contributed by atoms with Gasteiger partial charge in [-0.05, 0) is 6.42 Å². The van der Waals surface area contributed by atoms with E-state index in [-0.39, 0.29) is 42.6 Å². The van der Waals surface area contributed by atoms with Gasteiger partial charge in [0.15, 0.2) is 0 Å². The molecule has 0 unspecified atom stereocenters. The predicted molar refractivity (Wildman–Crippen MR) is 49.6 cm³/mol. The van der Waals surface area contributed by atoms with E-state index in [1.807, 2.05) is 6.92 Å². The third-order valence-electron chi connectivity index (χ3n) is 1.28. The summed E-state index contributed by atoms with van der Waals surface area (Å²) in [6.07, 6.45) is 4.36. The molecule has 0 fully saturated rings. The molecule has 0 atom stereocenters. The van der Waals surface area contributed by atoms with Crippen LogP contribution in [-0.4, -0.2) is 31.3 Å². The minimum Gasteiger partial charge on any atom is -0.748 e. The van der Waals surface area contributed by atoms with Crippen LogP contribution in [0.4, 0.5) is 0 Å². The van der Waals surface area contributed by atoms with Crippen LogP contribution in [0.2, 0.25) is 0 Å². The molecular formula is C8H13NaO5S. The van der Waals surface area contributed by atoms with Crippen molar-refractivity contribution in [2.24, 2.45) is 0 Å². The maximum Gasteiger partial charge on any atom is 1.00 e. The molecule has 0 aromatic rings. The molecule has 0 rings (SSSR count). The zero-order chi connectivity index (χ0) is 11.0. The van der Waals surface area contributed by atoms with Crippen LogP contribution in [0.15, 0.2) is 12.2 Å². The standard InChI is InChI=1S/C8H14O5S.Na/c1-2-3-4-5-8(9)13-6-7-14(10,11)12;/h3-4H,2,5-7H2,1H3,(H,10,11,12);/q;+1/p-1/b4-3-;. The normalized spacial score (nSPS) is 11.1. The van der Waals surface area contributed by atoms with Crippen LogP contribution in [-0.2, 0) is 19.6 Å². The third kappa shape index (κ3) is 14.1. The summed E-state index contributed by atoms with van der Waals surface area (Å²) < 4.78 is 34.8. The van der Waals surface area contributed by atoms with Gasteiger partial charge in [0.2, 0.25) is 0 Å². The van der Waals surface area contributed by atoms with Gasteiger partial charge in [-0.2, -0.15) is 0 Å². The van der Waals surface area contributed by atoms with E-state index in [1.165, 1.54) is 0 Å². The molecule has 0 aliphatic carbocycles. The molecule has 0 heterocycles. The first kappa shape index (κ1) is 17.5. The average molecular weight is 244 g/mol. The van der Waals surface area contributed by atoms with Crippen molar-refractivity contribution in [2.45, 2.75) is 19.8 Å². The van der Waals surface area contributed by atoms with Crippen molar-refractivity contribution in [2.75, 3.05) is 12.4 Å². The predicted octanol–water partition coefficient (Wildman–Crippen LogP) is -2.56. The second kappa shape index (κ2) is 9.35. The maximum absolute atomic E-state index is 10.8. The van der Waals surface area contributed by atoms with Crippen molar-refractivity contribution in [3.05, 3.63) is 12.2 Å². The summed E-state index contributed by atoms with van der Waals surface area (Å²) in [4.78, 5) is 10.8. The Kier molecular flexibility index (Phi) is 10.9. The van der Waals surface area contributed by atoms with E-state index >= 15 is 0 Å². The first-order valence-electron chi connectivity index (χ1n) is 4.20. The Hall–Kier alpha value is 0.120. The largest absolute Gasteiger partial charge is 1.00 e. The monoisotopic (exact) mass is 244 g/mol. The number of carbonyl (C=O) groups excluding carboxylic acids is 1. The topological polar surface area (TPSA) is 83.5 Å². The second-order valence-electron chi connectivity index (χ2n) is 2.57. The van der Waals surface area contributed by atoms with Crippen molar-refractivity contribution >= 4 is 16.1 Å². The van der Waals surface area contributed by atoms with Gasteiger partial charge in [-0.15, -0.1) is 0 Å². The minimum atomic E-state index is -4.29. The number of carbonyl (C=O) groups is 1. The van der Waals surface area contributed by atoms with Gasteiger partial charge < -0.3 is 9.29 Å². The molecule has 0 saturated carbocycles. The molecule has 0 aromatic heterocycles. The van der Waals surface area contributed by atoms with Gasteiger partial charge in [0, 0.05) is 0 Å². The molecule has 0 N–H and O–H groups in total. The Bertz CT molecular complexity index is 296. The molecule has 82 valence electrons. The van der Waals surface area contributed by atoms with Crippen molar-refractivity contribution in [1.82, 2.24) is 0 Å². The summed E-state index contributed by atoms with van der Waals surface area (Å²) in [7, 11) is -4.29. The number of ether oxygens (including phenoxy) is 1. The zero-order valence-electron chi connectivity index (χ0n) is 8.93.